The van der Waals surface area contributed by atoms with Crippen molar-refractivity contribution in [2.24, 2.45) is 0 Å². The molecule has 0 unspecified atom stereocenters. The summed E-state index contributed by atoms with van der Waals surface area (Å²) in [7, 11) is 0. The summed E-state index contributed by atoms with van der Waals surface area (Å²) in [5, 5.41) is 3.02. The van der Waals surface area contributed by atoms with E-state index < -0.39 is 0 Å². The summed E-state index contributed by atoms with van der Waals surface area (Å²) in [5.41, 5.74) is 3.04. The fraction of sp³-hybridized carbons (Fsp3) is 0.222. The van der Waals surface area contributed by atoms with Crippen LogP contribution in [0.3, 0.4) is 0 Å². The van der Waals surface area contributed by atoms with Crippen LogP contribution in [0.25, 0.3) is 11.4 Å². The number of aryl methyl sites for hydroxylation is 1. The second-order valence-electron chi connectivity index (χ2n) is 6.03. The molecule has 0 aliphatic carbocycles. The van der Waals surface area contributed by atoms with Gasteiger partial charge in [0.2, 0.25) is 5.78 Å². The lowest BCUT2D eigenvalue weighted by molar-refractivity contribution is 0.0930. The van der Waals surface area contributed by atoms with E-state index in [-0.39, 0.29) is 11.9 Å². The summed E-state index contributed by atoms with van der Waals surface area (Å²) in [4.78, 5) is 25.7. The first-order valence-corrected chi connectivity index (χ1v) is 8.20. The van der Waals surface area contributed by atoms with Crippen LogP contribution < -0.4 is 5.32 Å². The zero-order valence-electron chi connectivity index (χ0n) is 14.0. The maximum absolute atomic E-state index is 12.6. The van der Waals surface area contributed by atoms with Gasteiger partial charge in [-0.15, -0.1) is 0 Å². The number of imidazole rings is 2. The Hall–Kier alpha value is -3.22. The van der Waals surface area contributed by atoms with Crippen molar-refractivity contribution in [3.63, 3.8) is 0 Å². The molecule has 126 valence electrons. The molecule has 7 heteroatoms. The molecule has 0 fully saturated rings. The molecule has 0 aromatic carbocycles. The smallest absolute Gasteiger partial charge is 0.272 e. The third kappa shape index (κ3) is 2.84. The van der Waals surface area contributed by atoms with Crippen LogP contribution >= 0.6 is 0 Å². The molecule has 1 atom stereocenters. The molecule has 4 aromatic rings. The van der Waals surface area contributed by atoms with Crippen LogP contribution in [0.2, 0.25) is 0 Å². The number of pyridine rings is 1. The predicted molar refractivity (Wildman–Crippen MR) is 93.4 cm³/mol. The fourth-order valence-corrected chi connectivity index (χ4v) is 2.85. The highest BCUT2D eigenvalue weighted by Gasteiger charge is 2.19. The van der Waals surface area contributed by atoms with E-state index >= 15 is 0 Å². The van der Waals surface area contributed by atoms with E-state index in [4.69, 9.17) is 0 Å². The highest BCUT2D eigenvalue weighted by molar-refractivity contribution is 5.93. The molecular weight excluding hydrogens is 316 g/mol. The Balaban J connectivity index is 1.60. The van der Waals surface area contributed by atoms with Gasteiger partial charge in [-0.2, -0.15) is 0 Å². The minimum atomic E-state index is -0.210. The number of nitrogens with one attached hydrogen (secondary N) is 1. The van der Waals surface area contributed by atoms with E-state index in [0.29, 0.717) is 11.5 Å². The summed E-state index contributed by atoms with van der Waals surface area (Å²) in [6.45, 7) is 4.01. The van der Waals surface area contributed by atoms with Crippen molar-refractivity contribution in [2.45, 2.75) is 26.3 Å². The quantitative estimate of drug-likeness (QED) is 0.622. The summed E-state index contributed by atoms with van der Waals surface area (Å²) in [5.74, 6) is 0.409. The van der Waals surface area contributed by atoms with Crippen molar-refractivity contribution < 1.29 is 4.79 Å². The van der Waals surface area contributed by atoms with Gasteiger partial charge in [-0.1, -0.05) is 13.0 Å². The molecule has 0 saturated heterocycles. The van der Waals surface area contributed by atoms with Gasteiger partial charge in [-0.25, -0.2) is 15.0 Å². The van der Waals surface area contributed by atoms with E-state index in [1.807, 2.05) is 59.4 Å². The van der Waals surface area contributed by atoms with Gasteiger partial charge in [0.05, 0.1) is 11.7 Å². The number of aromatic nitrogens is 5. The van der Waals surface area contributed by atoms with Crippen molar-refractivity contribution in [1.29, 1.82) is 0 Å². The molecule has 0 spiro atoms. The number of nitrogens with zero attached hydrogens (tertiary/aromatic N) is 5. The van der Waals surface area contributed by atoms with Crippen molar-refractivity contribution >= 4 is 17.3 Å². The maximum Gasteiger partial charge on any atom is 0.272 e. The topological polar surface area (TPSA) is 76.6 Å². The van der Waals surface area contributed by atoms with E-state index in [0.717, 1.165) is 23.3 Å². The van der Waals surface area contributed by atoms with Gasteiger partial charge >= 0.3 is 0 Å². The molecule has 1 amide bonds. The Bertz CT molecular complexity index is 1030. The number of fused-ring (bicyclic) bond motifs is 2. The number of rotatable bonds is 4. The molecule has 0 aliphatic heterocycles. The van der Waals surface area contributed by atoms with Crippen LogP contribution in [-0.2, 0) is 0 Å². The van der Waals surface area contributed by atoms with Gasteiger partial charge in [0, 0.05) is 31.0 Å². The summed E-state index contributed by atoms with van der Waals surface area (Å²) < 4.78 is 3.71. The van der Waals surface area contributed by atoms with E-state index in [1.54, 1.807) is 12.4 Å². The van der Waals surface area contributed by atoms with Gasteiger partial charge in [0.25, 0.3) is 5.91 Å². The van der Waals surface area contributed by atoms with Gasteiger partial charge in [0.15, 0.2) is 0 Å². The number of carbonyl (C=O) groups excluding carboxylic acids is 1. The monoisotopic (exact) mass is 334 g/mol. The Kier molecular flexibility index (Phi) is 3.68. The normalized spacial score (nSPS) is 12.6. The minimum Gasteiger partial charge on any atom is -0.342 e. The van der Waals surface area contributed by atoms with Crippen molar-refractivity contribution in [1.82, 2.24) is 29.1 Å². The lowest BCUT2D eigenvalue weighted by atomic mass is 10.1. The lowest BCUT2D eigenvalue weighted by Gasteiger charge is -2.13. The molecule has 0 saturated carbocycles. The minimum absolute atomic E-state index is 0.194. The number of carbonyl (C=O) groups is 1. The average molecular weight is 334 g/mol. The predicted octanol–water partition coefficient (Wildman–Crippen LogP) is 2.57. The second kappa shape index (κ2) is 6.01. The molecule has 4 aromatic heterocycles. The van der Waals surface area contributed by atoms with E-state index in [9.17, 15) is 4.79 Å². The van der Waals surface area contributed by atoms with Gasteiger partial charge in [-0.3, -0.25) is 9.20 Å². The maximum atomic E-state index is 12.6. The zero-order valence-corrected chi connectivity index (χ0v) is 14.0. The number of amides is 1. The van der Waals surface area contributed by atoms with Gasteiger partial charge in [0.1, 0.15) is 11.3 Å². The van der Waals surface area contributed by atoms with Crippen LogP contribution in [0.4, 0.5) is 0 Å². The average Bonchev–Trinajstić information content (AvgIpc) is 3.22. The molecule has 7 nitrogen and oxygen atoms in total. The zero-order chi connectivity index (χ0) is 17.4. The van der Waals surface area contributed by atoms with Gasteiger partial charge < -0.3 is 9.72 Å². The van der Waals surface area contributed by atoms with Crippen molar-refractivity contribution in [2.75, 3.05) is 0 Å². The standard InChI is InChI=1S/C18H18N6O/c1-3-13(14-10-23-8-4-7-19-18(23)22-14)21-17(25)15-11-24-9-12(2)5-6-16(24)20-15/h4-11,13H,3H2,1-2H3,(H,21,25)/t13-/m1/s1. The summed E-state index contributed by atoms with van der Waals surface area (Å²) >= 11 is 0. The van der Waals surface area contributed by atoms with Crippen molar-refractivity contribution in [3.8, 4) is 0 Å². The van der Waals surface area contributed by atoms with Crippen LogP contribution in [0.5, 0.6) is 0 Å². The highest BCUT2D eigenvalue weighted by atomic mass is 16.2. The van der Waals surface area contributed by atoms with E-state index in [2.05, 4.69) is 20.3 Å². The molecule has 0 bridgehead atoms. The van der Waals surface area contributed by atoms with Crippen LogP contribution in [0.1, 0.15) is 41.1 Å². The SMILES string of the molecule is CC[C@@H](NC(=O)c1cn2cc(C)ccc2n1)c1cn2cccnc2n1. The highest BCUT2D eigenvalue weighted by Crippen LogP contribution is 2.17. The third-order valence-electron chi connectivity index (χ3n) is 4.16. The second-order valence-corrected chi connectivity index (χ2v) is 6.03. The molecule has 25 heavy (non-hydrogen) atoms. The molecule has 4 heterocycles. The summed E-state index contributed by atoms with van der Waals surface area (Å²) in [6.07, 6.45) is 9.90. The lowest BCUT2D eigenvalue weighted by Crippen LogP contribution is -2.28. The van der Waals surface area contributed by atoms with Crippen LogP contribution in [0.15, 0.2) is 49.2 Å². The number of hydrogen-bond acceptors (Lipinski definition) is 4. The Labute approximate surface area is 144 Å². The first kappa shape index (κ1) is 15.3. The Morgan fingerprint density at radius 1 is 1.20 bits per heavy atom. The Morgan fingerprint density at radius 3 is 2.88 bits per heavy atom. The Morgan fingerprint density at radius 2 is 2.08 bits per heavy atom. The molecule has 1 N–H and O–H groups in total. The molecule has 0 radical (unpaired) electrons. The first-order chi connectivity index (χ1) is 12.1. The van der Waals surface area contributed by atoms with Crippen LogP contribution in [0, 0.1) is 6.92 Å². The molecule has 4 rings (SSSR count). The van der Waals surface area contributed by atoms with Gasteiger partial charge in [-0.05, 0) is 31.0 Å². The largest absolute Gasteiger partial charge is 0.342 e. The molecule has 0 aliphatic rings. The van der Waals surface area contributed by atoms with E-state index in [1.165, 1.54) is 0 Å². The third-order valence-corrected chi connectivity index (χ3v) is 4.16. The fourth-order valence-electron chi connectivity index (χ4n) is 2.85. The molecular formula is C18H18N6O. The summed E-state index contributed by atoms with van der Waals surface area (Å²) in [6, 6.07) is 5.52. The number of hydrogen-bond donors (Lipinski definition) is 1. The van der Waals surface area contributed by atoms with Crippen LogP contribution in [-0.4, -0.2) is 29.7 Å². The first-order valence-electron chi connectivity index (χ1n) is 8.20. The van der Waals surface area contributed by atoms with Crippen molar-refractivity contribution in [3.05, 3.63) is 66.1 Å².